The monoisotopic (exact) mass is 358 g/mol. The van der Waals surface area contributed by atoms with Crippen LogP contribution in [0.1, 0.15) is 48.4 Å². The van der Waals surface area contributed by atoms with Crippen LogP contribution in [-0.2, 0) is 6.42 Å². The van der Waals surface area contributed by atoms with Gasteiger partial charge in [0.25, 0.3) is 0 Å². The zero-order valence-electron chi connectivity index (χ0n) is 15.2. The van der Waals surface area contributed by atoms with E-state index in [0.29, 0.717) is 5.92 Å². The lowest BCUT2D eigenvalue weighted by Crippen LogP contribution is -2.29. The van der Waals surface area contributed by atoms with Crippen molar-refractivity contribution in [2.24, 2.45) is 0 Å². The first-order valence-electron chi connectivity index (χ1n) is 9.44. The van der Waals surface area contributed by atoms with Gasteiger partial charge in [-0.2, -0.15) is 5.10 Å². The van der Waals surface area contributed by atoms with Gasteiger partial charge in [0, 0.05) is 23.0 Å². The molecule has 3 heterocycles. The van der Waals surface area contributed by atoms with Crippen LogP contribution in [0.25, 0.3) is 5.69 Å². The number of likely N-dealkylation sites (tertiary alicyclic amines) is 1. The lowest BCUT2D eigenvalue weighted by atomic mass is 9.90. The molecule has 1 saturated heterocycles. The Hall–Kier alpha value is -1.52. The summed E-state index contributed by atoms with van der Waals surface area (Å²) in [6.45, 7) is 5.47. The second kappa shape index (κ2) is 7.00. The van der Waals surface area contributed by atoms with E-state index in [1.54, 1.807) is 0 Å². The molecule has 0 amide bonds. The number of nitrogens with one attached hydrogen (secondary N) is 1. The van der Waals surface area contributed by atoms with Gasteiger partial charge in [-0.15, -0.1) is 0 Å². The van der Waals surface area contributed by atoms with Gasteiger partial charge in [0.05, 0.1) is 11.4 Å². The van der Waals surface area contributed by atoms with Gasteiger partial charge in [0.2, 0.25) is 0 Å². The highest BCUT2D eigenvalue weighted by Gasteiger charge is 2.28. The third-order valence-corrected chi connectivity index (χ3v) is 5.89. The summed E-state index contributed by atoms with van der Waals surface area (Å²) < 4.78 is 2.14. The quantitative estimate of drug-likeness (QED) is 0.864. The van der Waals surface area contributed by atoms with Crippen LogP contribution < -0.4 is 5.32 Å². The second-order valence-corrected chi connectivity index (χ2v) is 7.95. The number of aryl methyl sites for hydroxylation is 1. The minimum atomic E-state index is 0.582. The van der Waals surface area contributed by atoms with Gasteiger partial charge in [-0.05, 0) is 82.9 Å². The van der Waals surface area contributed by atoms with Crippen molar-refractivity contribution in [2.75, 3.05) is 32.0 Å². The Morgan fingerprint density at radius 2 is 2.00 bits per heavy atom. The number of halogens is 1. The first-order valence-corrected chi connectivity index (χ1v) is 9.82. The fourth-order valence-electron chi connectivity index (χ4n) is 4.17. The van der Waals surface area contributed by atoms with Crippen molar-refractivity contribution in [3.63, 3.8) is 0 Å². The molecule has 1 aromatic heterocycles. The number of hydrogen-bond acceptors (Lipinski definition) is 3. The van der Waals surface area contributed by atoms with Crippen molar-refractivity contribution in [1.29, 1.82) is 0 Å². The lowest BCUT2D eigenvalue weighted by Gasteiger charge is -2.28. The molecule has 0 unspecified atom stereocenters. The summed E-state index contributed by atoms with van der Waals surface area (Å²) in [5.41, 5.74) is 5.07. The number of benzene rings is 1. The van der Waals surface area contributed by atoms with Crippen LogP contribution in [0.4, 0.5) is 5.82 Å². The largest absolute Gasteiger partial charge is 0.370 e. The molecule has 0 saturated carbocycles. The Morgan fingerprint density at radius 1 is 1.20 bits per heavy atom. The maximum Gasteiger partial charge on any atom is 0.133 e. The van der Waals surface area contributed by atoms with Gasteiger partial charge in [0.1, 0.15) is 5.82 Å². The van der Waals surface area contributed by atoms with Crippen LogP contribution in [0.2, 0.25) is 5.02 Å². The van der Waals surface area contributed by atoms with E-state index in [4.69, 9.17) is 16.7 Å². The van der Waals surface area contributed by atoms with Crippen molar-refractivity contribution < 1.29 is 0 Å². The normalized spacial score (nSPS) is 19.3. The highest BCUT2D eigenvalue weighted by atomic mass is 35.5. The number of rotatable bonds is 2. The summed E-state index contributed by atoms with van der Waals surface area (Å²) in [5.74, 6) is 1.79. The summed E-state index contributed by atoms with van der Waals surface area (Å²) in [6, 6.07) is 6.08. The van der Waals surface area contributed by atoms with Gasteiger partial charge in [-0.3, -0.25) is 0 Å². The summed E-state index contributed by atoms with van der Waals surface area (Å²) in [6.07, 6.45) is 6.02. The van der Waals surface area contributed by atoms with Crippen LogP contribution >= 0.6 is 11.6 Å². The van der Waals surface area contributed by atoms with E-state index >= 15 is 0 Å². The summed E-state index contributed by atoms with van der Waals surface area (Å²) in [7, 11) is 2.22. The van der Waals surface area contributed by atoms with Crippen molar-refractivity contribution in [3.05, 3.63) is 40.0 Å². The molecule has 0 spiro atoms. The Balaban J connectivity index is 1.79. The Bertz CT molecular complexity index is 759. The first-order chi connectivity index (χ1) is 12.1. The lowest BCUT2D eigenvalue weighted by molar-refractivity contribution is 0.252. The second-order valence-electron chi connectivity index (χ2n) is 7.52. The number of nitrogens with zero attached hydrogens (tertiary/aromatic N) is 3. The maximum atomic E-state index is 6.16. The van der Waals surface area contributed by atoms with E-state index in [2.05, 4.69) is 34.9 Å². The summed E-state index contributed by atoms with van der Waals surface area (Å²) in [4.78, 5) is 2.42. The SMILES string of the molecule is Cc1cc(Cl)ccc1-n1nc(C2CCN(C)CC2)c2c1NCCCC2. The molecule has 1 fully saturated rings. The molecule has 2 aliphatic rings. The summed E-state index contributed by atoms with van der Waals surface area (Å²) >= 11 is 6.16. The van der Waals surface area contributed by atoms with E-state index in [1.807, 2.05) is 12.1 Å². The molecule has 25 heavy (non-hydrogen) atoms. The van der Waals surface area contributed by atoms with Gasteiger partial charge < -0.3 is 10.2 Å². The topological polar surface area (TPSA) is 33.1 Å². The molecule has 4 nitrogen and oxygen atoms in total. The van der Waals surface area contributed by atoms with Crippen LogP contribution in [-0.4, -0.2) is 41.4 Å². The van der Waals surface area contributed by atoms with Crippen molar-refractivity contribution in [3.8, 4) is 5.69 Å². The minimum absolute atomic E-state index is 0.582. The number of piperidine rings is 1. The van der Waals surface area contributed by atoms with Crippen LogP contribution in [0, 0.1) is 6.92 Å². The predicted molar refractivity (Wildman–Crippen MR) is 104 cm³/mol. The average Bonchev–Trinajstić information content (AvgIpc) is 2.78. The molecule has 0 aliphatic carbocycles. The Labute approximate surface area is 155 Å². The predicted octanol–water partition coefficient (Wildman–Crippen LogP) is 4.39. The third kappa shape index (κ3) is 3.30. The number of aromatic nitrogens is 2. The van der Waals surface area contributed by atoms with Crippen LogP contribution in [0.5, 0.6) is 0 Å². The van der Waals surface area contributed by atoms with E-state index in [1.165, 1.54) is 61.4 Å². The molecule has 1 aromatic carbocycles. The molecule has 2 aromatic rings. The molecule has 4 rings (SSSR count). The van der Waals surface area contributed by atoms with E-state index in [0.717, 1.165) is 23.7 Å². The van der Waals surface area contributed by atoms with E-state index < -0.39 is 0 Å². The van der Waals surface area contributed by atoms with Gasteiger partial charge >= 0.3 is 0 Å². The molecular formula is C20H27ClN4. The fourth-order valence-corrected chi connectivity index (χ4v) is 4.40. The summed E-state index contributed by atoms with van der Waals surface area (Å²) in [5, 5.41) is 9.58. The fraction of sp³-hybridized carbons (Fsp3) is 0.550. The Kier molecular flexibility index (Phi) is 4.74. The zero-order valence-corrected chi connectivity index (χ0v) is 15.9. The number of fused-ring (bicyclic) bond motifs is 1. The number of hydrogen-bond donors (Lipinski definition) is 1. The first kappa shape index (κ1) is 16.9. The highest BCUT2D eigenvalue weighted by molar-refractivity contribution is 6.30. The highest BCUT2D eigenvalue weighted by Crippen LogP contribution is 2.36. The van der Waals surface area contributed by atoms with Gasteiger partial charge in [0.15, 0.2) is 0 Å². The van der Waals surface area contributed by atoms with Gasteiger partial charge in [-0.1, -0.05) is 11.6 Å². The van der Waals surface area contributed by atoms with Crippen molar-refractivity contribution >= 4 is 17.4 Å². The zero-order chi connectivity index (χ0) is 17.4. The Morgan fingerprint density at radius 3 is 2.76 bits per heavy atom. The molecular weight excluding hydrogens is 332 g/mol. The smallest absolute Gasteiger partial charge is 0.133 e. The molecule has 134 valence electrons. The molecule has 0 bridgehead atoms. The molecule has 1 N–H and O–H groups in total. The van der Waals surface area contributed by atoms with Gasteiger partial charge in [-0.25, -0.2) is 4.68 Å². The average molecular weight is 359 g/mol. The van der Waals surface area contributed by atoms with Crippen molar-refractivity contribution in [2.45, 2.75) is 44.9 Å². The number of anilines is 1. The molecule has 2 aliphatic heterocycles. The third-order valence-electron chi connectivity index (χ3n) is 5.65. The van der Waals surface area contributed by atoms with Crippen LogP contribution in [0.15, 0.2) is 18.2 Å². The molecule has 5 heteroatoms. The minimum Gasteiger partial charge on any atom is -0.370 e. The van der Waals surface area contributed by atoms with Crippen molar-refractivity contribution in [1.82, 2.24) is 14.7 Å². The maximum absolute atomic E-state index is 6.16. The van der Waals surface area contributed by atoms with Crippen LogP contribution in [0.3, 0.4) is 0 Å². The van der Waals surface area contributed by atoms with E-state index in [9.17, 15) is 0 Å². The van der Waals surface area contributed by atoms with E-state index in [-0.39, 0.29) is 0 Å². The molecule has 0 atom stereocenters. The molecule has 0 radical (unpaired) electrons. The standard InChI is InChI=1S/C20H27ClN4/c1-14-13-16(21)6-7-18(14)25-20-17(5-3-4-10-22-20)19(23-25)15-8-11-24(2)12-9-15/h6-7,13,15,22H,3-5,8-12H2,1-2H3.